The number of nitrogens with one attached hydrogen (secondary N) is 1. The molecule has 2 amide bonds. The summed E-state index contributed by atoms with van der Waals surface area (Å²) in [6.45, 7) is 6.26. The second-order valence-corrected chi connectivity index (χ2v) is 7.18. The highest BCUT2D eigenvalue weighted by atomic mass is 35.5. The molecule has 1 atom stereocenters. The molecule has 1 saturated heterocycles. The molecule has 8 heteroatoms. The standard InChI is InChI=1S/C19H28ClN3O4/c1-3-22(13-18(24)25)16-8-10-23(11-9-16)19(26)21-12-14(2)27-17-6-4-15(20)5-7-17/h4-7,14,16H,3,8-13H2,1-2H3,(H,21,26)(H,24,25). The van der Waals surface area contributed by atoms with Crippen molar-refractivity contribution >= 4 is 23.6 Å². The van der Waals surface area contributed by atoms with Crippen molar-refractivity contribution < 1.29 is 19.4 Å². The maximum absolute atomic E-state index is 12.4. The summed E-state index contributed by atoms with van der Waals surface area (Å²) in [5, 5.41) is 12.5. The average Bonchev–Trinajstić information content (AvgIpc) is 2.66. The first-order chi connectivity index (χ1) is 12.9. The van der Waals surface area contributed by atoms with E-state index in [1.54, 1.807) is 29.2 Å². The number of halogens is 1. The van der Waals surface area contributed by atoms with E-state index in [0.717, 1.165) is 12.8 Å². The number of likely N-dealkylation sites (N-methyl/N-ethyl adjacent to an activating group) is 1. The number of hydrogen-bond acceptors (Lipinski definition) is 4. The number of hydrogen-bond donors (Lipinski definition) is 2. The molecule has 0 bridgehead atoms. The number of carboxylic acids is 1. The molecule has 0 spiro atoms. The van der Waals surface area contributed by atoms with Crippen molar-refractivity contribution in [1.29, 1.82) is 0 Å². The van der Waals surface area contributed by atoms with Gasteiger partial charge in [-0.25, -0.2) is 4.79 Å². The number of carbonyl (C=O) groups is 2. The minimum absolute atomic E-state index is 0.0485. The van der Waals surface area contributed by atoms with Gasteiger partial charge in [0.05, 0.1) is 13.1 Å². The molecule has 1 aromatic rings. The van der Waals surface area contributed by atoms with Crippen molar-refractivity contribution in [2.75, 3.05) is 32.7 Å². The molecule has 0 radical (unpaired) electrons. The van der Waals surface area contributed by atoms with Gasteiger partial charge in [0.2, 0.25) is 0 Å². The number of likely N-dealkylation sites (tertiary alicyclic amines) is 1. The third-order valence-electron chi connectivity index (χ3n) is 4.70. The van der Waals surface area contributed by atoms with E-state index in [1.807, 2.05) is 18.7 Å². The van der Waals surface area contributed by atoms with Crippen LogP contribution in [0.5, 0.6) is 5.75 Å². The number of piperidine rings is 1. The first kappa shape index (κ1) is 21.3. The second kappa shape index (κ2) is 10.4. The van der Waals surface area contributed by atoms with E-state index in [1.165, 1.54) is 0 Å². The third kappa shape index (κ3) is 6.92. The minimum atomic E-state index is -0.813. The van der Waals surface area contributed by atoms with Crippen LogP contribution < -0.4 is 10.1 Å². The minimum Gasteiger partial charge on any atom is -0.489 e. The Kier molecular flexibility index (Phi) is 8.19. The number of amides is 2. The van der Waals surface area contributed by atoms with Crippen LogP contribution in [-0.2, 0) is 4.79 Å². The Balaban J connectivity index is 1.72. The van der Waals surface area contributed by atoms with Gasteiger partial charge in [0.25, 0.3) is 0 Å². The van der Waals surface area contributed by atoms with Crippen LogP contribution in [0.4, 0.5) is 4.79 Å². The van der Waals surface area contributed by atoms with Gasteiger partial charge in [0.15, 0.2) is 0 Å². The first-order valence-electron chi connectivity index (χ1n) is 9.30. The number of benzene rings is 1. The van der Waals surface area contributed by atoms with Gasteiger partial charge in [-0.2, -0.15) is 0 Å². The SMILES string of the molecule is CCN(CC(=O)O)C1CCN(C(=O)NCC(C)Oc2ccc(Cl)cc2)CC1. The largest absolute Gasteiger partial charge is 0.489 e. The highest BCUT2D eigenvalue weighted by Gasteiger charge is 2.27. The Hall–Kier alpha value is -1.99. The molecule has 1 aliphatic heterocycles. The van der Waals surface area contributed by atoms with E-state index >= 15 is 0 Å². The van der Waals surface area contributed by atoms with Crippen molar-refractivity contribution in [3.05, 3.63) is 29.3 Å². The van der Waals surface area contributed by atoms with E-state index in [9.17, 15) is 9.59 Å². The summed E-state index contributed by atoms with van der Waals surface area (Å²) in [4.78, 5) is 27.0. The van der Waals surface area contributed by atoms with Crippen LogP contribution in [0.15, 0.2) is 24.3 Å². The fourth-order valence-electron chi connectivity index (χ4n) is 3.24. The Morgan fingerprint density at radius 1 is 1.33 bits per heavy atom. The number of rotatable bonds is 8. The fraction of sp³-hybridized carbons (Fsp3) is 0.579. The molecule has 1 heterocycles. The van der Waals surface area contributed by atoms with E-state index in [-0.39, 0.29) is 24.7 Å². The lowest BCUT2D eigenvalue weighted by Gasteiger charge is -2.37. The molecule has 1 fully saturated rings. The van der Waals surface area contributed by atoms with Gasteiger partial charge >= 0.3 is 12.0 Å². The van der Waals surface area contributed by atoms with Gasteiger partial charge in [-0.3, -0.25) is 9.69 Å². The molecule has 1 aliphatic rings. The topological polar surface area (TPSA) is 82.1 Å². The summed E-state index contributed by atoms with van der Waals surface area (Å²) >= 11 is 5.85. The number of nitrogens with zero attached hydrogens (tertiary/aromatic N) is 2. The predicted molar refractivity (Wildman–Crippen MR) is 104 cm³/mol. The van der Waals surface area contributed by atoms with Gasteiger partial charge in [-0.1, -0.05) is 18.5 Å². The van der Waals surface area contributed by atoms with Crippen LogP contribution >= 0.6 is 11.6 Å². The fourth-order valence-corrected chi connectivity index (χ4v) is 3.36. The van der Waals surface area contributed by atoms with E-state index in [2.05, 4.69) is 5.32 Å². The monoisotopic (exact) mass is 397 g/mol. The van der Waals surface area contributed by atoms with E-state index < -0.39 is 5.97 Å². The number of ether oxygens (including phenoxy) is 1. The molecule has 150 valence electrons. The maximum atomic E-state index is 12.4. The summed E-state index contributed by atoms with van der Waals surface area (Å²) in [6, 6.07) is 7.21. The molecule has 0 aromatic heterocycles. The normalized spacial score (nSPS) is 16.2. The zero-order valence-electron chi connectivity index (χ0n) is 15.9. The lowest BCUT2D eigenvalue weighted by atomic mass is 10.0. The Morgan fingerprint density at radius 3 is 2.52 bits per heavy atom. The smallest absolute Gasteiger partial charge is 0.317 e. The molecule has 2 rings (SSSR count). The summed E-state index contributed by atoms with van der Waals surface area (Å²) in [7, 11) is 0. The van der Waals surface area contributed by atoms with Crippen LogP contribution in [0, 0.1) is 0 Å². The number of carboxylic acid groups (broad SMARTS) is 1. The molecule has 2 N–H and O–H groups in total. The Bertz CT molecular complexity index is 618. The molecule has 1 unspecified atom stereocenters. The highest BCUT2D eigenvalue weighted by molar-refractivity contribution is 6.30. The van der Waals surface area contributed by atoms with Gasteiger partial charge < -0.3 is 20.1 Å². The predicted octanol–water partition coefficient (Wildman–Crippen LogP) is 2.69. The number of aliphatic carboxylic acids is 1. The van der Waals surface area contributed by atoms with Crippen LogP contribution in [0.1, 0.15) is 26.7 Å². The van der Waals surface area contributed by atoms with Crippen molar-refractivity contribution in [3.8, 4) is 5.75 Å². The number of carbonyl (C=O) groups excluding carboxylic acids is 1. The van der Waals surface area contributed by atoms with Crippen LogP contribution in [0.2, 0.25) is 5.02 Å². The maximum Gasteiger partial charge on any atom is 0.317 e. The number of urea groups is 1. The molecule has 27 heavy (non-hydrogen) atoms. The Labute approximate surface area is 165 Å². The molecule has 0 saturated carbocycles. The second-order valence-electron chi connectivity index (χ2n) is 6.74. The molecule has 1 aromatic carbocycles. The van der Waals surface area contributed by atoms with Crippen molar-refractivity contribution in [2.24, 2.45) is 0 Å². The van der Waals surface area contributed by atoms with E-state index in [0.29, 0.717) is 37.0 Å². The van der Waals surface area contributed by atoms with E-state index in [4.69, 9.17) is 21.4 Å². The van der Waals surface area contributed by atoms with Crippen LogP contribution in [0.25, 0.3) is 0 Å². The summed E-state index contributed by atoms with van der Waals surface area (Å²) in [5.74, 6) is -0.105. The third-order valence-corrected chi connectivity index (χ3v) is 4.96. The molecular formula is C19H28ClN3O4. The van der Waals surface area contributed by atoms with Gasteiger partial charge in [0, 0.05) is 24.2 Å². The van der Waals surface area contributed by atoms with Crippen molar-refractivity contribution in [3.63, 3.8) is 0 Å². The molecular weight excluding hydrogens is 370 g/mol. The summed E-state index contributed by atoms with van der Waals surface area (Å²) < 4.78 is 5.75. The summed E-state index contributed by atoms with van der Waals surface area (Å²) in [5.41, 5.74) is 0. The Morgan fingerprint density at radius 2 is 1.96 bits per heavy atom. The zero-order chi connectivity index (χ0) is 19.8. The van der Waals surface area contributed by atoms with Gasteiger partial charge in [-0.05, 0) is 50.6 Å². The average molecular weight is 398 g/mol. The lowest BCUT2D eigenvalue weighted by Crippen LogP contribution is -2.51. The van der Waals surface area contributed by atoms with Crippen molar-refractivity contribution in [1.82, 2.24) is 15.1 Å². The molecule has 0 aliphatic carbocycles. The van der Waals surface area contributed by atoms with Gasteiger partial charge in [0.1, 0.15) is 11.9 Å². The quantitative estimate of drug-likeness (QED) is 0.704. The van der Waals surface area contributed by atoms with Crippen LogP contribution in [0.3, 0.4) is 0 Å². The highest BCUT2D eigenvalue weighted by Crippen LogP contribution is 2.18. The first-order valence-corrected chi connectivity index (χ1v) is 9.67. The lowest BCUT2D eigenvalue weighted by molar-refractivity contribution is -0.139. The van der Waals surface area contributed by atoms with Crippen molar-refractivity contribution in [2.45, 2.75) is 38.8 Å². The van der Waals surface area contributed by atoms with Crippen LogP contribution in [-0.4, -0.2) is 71.8 Å². The summed E-state index contributed by atoms with van der Waals surface area (Å²) in [6.07, 6.45) is 1.40. The zero-order valence-corrected chi connectivity index (χ0v) is 16.6. The van der Waals surface area contributed by atoms with Gasteiger partial charge in [-0.15, -0.1) is 0 Å². The molecule has 7 nitrogen and oxygen atoms in total.